The van der Waals surface area contributed by atoms with Crippen LogP contribution in [0.4, 0.5) is 0 Å². The van der Waals surface area contributed by atoms with Crippen LogP contribution in [-0.4, -0.2) is 168 Å². The number of hydrogen-bond acceptors (Lipinski definition) is 20. The molecule has 0 amide bonds. The Morgan fingerprint density at radius 2 is 1.39 bits per heavy atom. The first-order valence-corrected chi connectivity index (χ1v) is 18.7. The van der Waals surface area contributed by atoms with Gasteiger partial charge in [-0.05, 0) is 45.0 Å². The van der Waals surface area contributed by atoms with Gasteiger partial charge in [0, 0.05) is 23.6 Å². The Labute approximate surface area is 336 Å². The first kappa shape index (κ1) is 44.6. The van der Waals surface area contributed by atoms with Crippen molar-refractivity contribution < 1.29 is 93.7 Å². The van der Waals surface area contributed by atoms with Gasteiger partial charge in [-0.1, -0.05) is 12.2 Å². The van der Waals surface area contributed by atoms with Crippen molar-refractivity contribution in [3.8, 4) is 34.3 Å². The average molecular weight is 839 g/mol. The molecule has 6 rings (SSSR count). The van der Waals surface area contributed by atoms with Crippen LogP contribution in [-0.2, 0) is 25.4 Å². The highest BCUT2D eigenvalue weighted by atomic mass is 16.8. The Balaban J connectivity index is 1.52. The molecule has 0 aliphatic carbocycles. The molecular formula is C39H50O20. The summed E-state index contributed by atoms with van der Waals surface area (Å²) in [7, 11) is 1.42. The van der Waals surface area contributed by atoms with Gasteiger partial charge in [0.25, 0.3) is 0 Å². The fourth-order valence-electron chi connectivity index (χ4n) is 6.99. The van der Waals surface area contributed by atoms with Gasteiger partial charge in [0.1, 0.15) is 83.2 Å². The number of phenolic OH excluding ortho intramolecular Hbond substituents is 1. The van der Waals surface area contributed by atoms with Crippen molar-refractivity contribution in [2.45, 2.75) is 125 Å². The molecule has 1 aromatic heterocycles. The van der Waals surface area contributed by atoms with Crippen molar-refractivity contribution in [2.75, 3.05) is 13.7 Å². The second kappa shape index (κ2) is 17.9. The van der Waals surface area contributed by atoms with Crippen molar-refractivity contribution >= 4 is 11.0 Å². The Hall–Kier alpha value is -3.97. The summed E-state index contributed by atoms with van der Waals surface area (Å²) in [5.74, 6) is -1.65. The van der Waals surface area contributed by atoms with Crippen LogP contribution in [0.15, 0.2) is 51.7 Å². The van der Waals surface area contributed by atoms with Crippen molar-refractivity contribution in [3.63, 3.8) is 0 Å². The van der Waals surface area contributed by atoms with Gasteiger partial charge < -0.3 is 93.7 Å². The van der Waals surface area contributed by atoms with E-state index in [4.69, 9.17) is 37.6 Å². The van der Waals surface area contributed by atoms with E-state index in [0.717, 1.165) is 6.07 Å². The lowest BCUT2D eigenvalue weighted by molar-refractivity contribution is -0.352. The molecule has 0 spiro atoms. The molecule has 0 saturated carbocycles. The van der Waals surface area contributed by atoms with E-state index < -0.39 is 127 Å². The maximum Gasteiger partial charge on any atom is 0.239 e. The summed E-state index contributed by atoms with van der Waals surface area (Å²) in [6.07, 6.45) is -26.2. The maximum atomic E-state index is 14.7. The third kappa shape index (κ3) is 8.65. The zero-order chi connectivity index (χ0) is 43.2. The molecule has 59 heavy (non-hydrogen) atoms. The summed E-state index contributed by atoms with van der Waals surface area (Å²) in [6.45, 7) is 7.31. The zero-order valence-corrected chi connectivity index (χ0v) is 32.3. The summed E-state index contributed by atoms with van der Waals surface area (Å²) in [5, 5.41) is 117. The van der Waals surface area contributed by atoms with Crippen LogP contribution >= 0.6 is 0 Å². The van der Waals surface area contributed by atoms with E-state index in [2.05, 4.69) is 6.58 Å². The highest BCUT2D eigenvalue weighted by molar-refractivity contribution is 5.91. The van der Waals surface area contributed by atoms with Crippen LogP contribution < -0.4 is 19.6 Å². The smallest absolute Gasteiger partial charge is 0.239 e. The number of methoxy groups -OCH3 is 1. The largest absolute Gasteiger partial charge is 0.507 e. The molecule has 0 bridgehead atoms. The molecule has 3 aliphatic rings. The monoisotopic (exact) mass is 838 g/mol. The lowest BCUT2D eigenvalue weighted by atomic mass is 9.97. The van der Waals surface area contributed by atoms with Gasteiger partial charge in [-0.25, -0.2) is 0 Å². The standard InChI is InChI=1S/C39H50O20/c1-13(2)19(41)10-18-21(55-38-32(51)29(48)26(45)22(12-40)56-38)11-20(42)23-27(46)35(33(57-34(18)23)16-6-8-17(52-5)9-7-16)58-39-36(30(49)25(44)15(4)54-39)59-37-31(50)28(47)24(43)14(3)53-37/h6-9,11,14-15,19,22,24-26,28-32,36-45,47-51H,1,10,12H2,2-5H3/t14-,15-,19-,22-,24-,25-,26-,28+,29+,30+,31+,32-,36+,37-,38+,39-/m1/s1. The van der Waals surface area contributed by atoms with E-state index in [1.165, 1.54) is 52.1 Å². The third-order valence-corrected chi connectivity index (χ3v) is 10.7. The maximum absolute atomic E-state index is 14.7. The zero-order valence-electron chi connectivity index (χ0n) is 32.3. The highest BCUT2D eigenvalue weighted by Gasteiger charge is 2.51. The lowest BCUT2D eigenvalue weighted by Crippen LogP contribution is -2.63. The fraction of sp³-hybridized carbons (Fsp3) is 0.564. The Morgan fingerprint density at radius 1 is 0.797 bits per heavy atom. The molecular weight excluding hydrogens is 788 g/mol. The minimum absolute atomic E-state index is 0.0794. The fourth-order valence-corrected chi connectivity index (χ4v) is 6.99. The van der Waals surface area contributed by atoms with Gasteiger partial charge in [-0.2, -0.15) is 0 Å². The SMILES string of the molecule is C=C(C)[C@H](O)Cc1c(O[C@H]2O[C@H](CO)[C@@H](O)[C@H](O)[C@H]2O)cc(O)c2c(=O)c(O[C@H]3O[C@H](C)[C@@H](O)[C@H](O)[C@@H]3O[C@H]3O[C@H](C)[C@@H](O)[C@H](O)[C@@H]3O)c(-c3ccc(OC)cc3)oc12. The molecule has 326 valence electrons. The van der Waals surface area contributed by atoms with E-state index in [1.54, 1.807) is 0 Å². The van der Waals surface area contributed by atoms with E-state index in [-0.39, 0.29) is 40.2 Å². The second-order valence-electron chi connectivity index (χ2n) is 14.9. The average Bonchev–Trinajstić information content (AvgIpc) is 3.21. The van der Waals surface area contributed by atoms with Crippen molar-refractivity contribution in [1.82, 2.24) is 0 Å². The topological polar surface area (TPSA) is 317 Å². The highest BCUT2D eigenvalue weighted by Crippen LogP contribution is 2.42. The predicted octanol–water partition coefficient (Wildman–Crippen LogP) is -2.11. The predicted molar refractivity (Wildman–Crippen MR) is 199 cm³/mol. The third-order valence-electron chi connectivity index (χ3n) is 10.7. The Morgan fingerprint density at radius 3 is 2.00 bits per heavy atom. The normalized spacial score (nSPS) is 35.6. The van der Waals surface area contributed by atoms with Gasteiger partial charge in [0.15, 0.2) is 18.2 Å². The van der Waals surface area contributed by atoms with Gasteiger partial charge >= 0.3 is 0 Å². The molecule has 3 saturated heterocycles. The van der Waals surface area contributed by atoms with Crippen molar-refractivity contribution in [3.05, 3.63) is 58.3 Å². The van der Waals surface area contributed by atoms with Crippen LogP contribution in [0.3, 0.4) is 0 Å². The number of hydrogen-bond donors (Lipinski definition) is 11. The molecule has 16 atom stereocenters. The number of phenols is 1. The number of aliphatic hydroxyl groups is 10. The van der Waals surface area contributed by atoms with Crippen LogP contribution in [0.1, 0.15) is 26.3 Å². The Kier molecular flexibility index (Phi) is 13.6. The van der Waals surface area contributed by atoms with E-state index in [1.807, 2.05) is 0 Å². The minimum atomic E-state index is -1.89. The lowest BCUT2D eigenvalue weighted by Gasteiger charge is -2.45. The van der Waals surface area contributed by atoms with E-state index in [0.29, 0.717) is 5.75 Å². The van der Waals surface area contributed by atoms with E-state index in [9.17, 15) is 61.0 Å². The molecule has 2 aromatic carbocycles. The summed E-state index contributed by atoms with van der Waals surface area (Å²) in [4.78, 5) is 14.7. The van der Waals surface area contributed by atoms with Gasteiger partial charge in [-0.3, -0.25) is 4.79 Å². The molecule has 20 heteroatoms. The van der Waals surface area contributed by atoms with Gasteiger partial charge in [0.2, 0.25) is 23.8 Å². The molecule has 20 nitrogen and oxygen atoms in total. The number of rotatable bonds is 12. The number of ether oxygens (including phenoxy) is 7. The number of aromatic hydroxyl groups is 1. The van der Waals surface area contributed by atoms with Crippen LogP contribution in [0, 0.1) is 0 Å². The molecule has 0 radical (unpaired) electrons. The van der Waals surface area contributed by atoms with Crippen LogP contribution in [0.2, 0.25) is 0 Å². The molecule has 3 fully saturated rings. The second-order valence-corrected chi connectivity index (χ2v) is 14.9. The number of fused-ring (bicyclic) bond motifs is 1. The molecule has 4 heterocycles. The van der Waals surface area contributed by atoms with E-state index >= 15 is 0 Å². The van der Waals surface area contributed by atoms with Crippen molar-refractivity contribution in [2.24, 2.45) is 0 Å². The van der Waals surface area contributed by atoms with Crippen LogP contribution in [0.25, 0.3) is 22.3 Å². The number of aliphatic hydroxyl groups excluding tert-OH is 10. The summed E-state index contributed by atoms with van der Waals surface area (Å²) in [6, 6.07) is 6.98. The van der Waals surface area contributed by atoms with Gasteiger partial charge in [0.05, 0.1) is 32.0 Å². The quantitative estimate of drug-likeness (QED) is 0.0870. The first-order valence-electron chi connectivity index (χ1n) is 18.7. The first-order chi connectivity index (χ1) is 27.9. The molecule has 3 aromatic rings. The molecule has 0 unspecified atom stereocenters. The number of benzene rings is 2. The van der Waals surface area contributed by atoms with Crippen LogP contribution in [0.5, 0.6) is 23.0 Å². The summed E-state index contributed by atoms with van der Waals surface area (Å²) in [5.41, 5.74) is -1.05. The molecule has 3 aliphatic heterocycles. The minimum Gasteiger partial charge on any atom is -0.507 e. The summed E-state index contributed by atoms with van der Waals surface area (Å²) < 4.78 is 46.6. The van der Waals surface area contributed by atoms with Crippen molar-refractivity contribution in [1.29, 1.82) is 0 Å². The van der Waals surface area contributed by atoms with Gasteiger partial charge in [-0.15, -0.1) is 0 Å². The summed E-state index contributed by atoms with van der Waals surface area (Å²) >= 11 is 0. The Bertz CT molecular complexity index is 2000. The molecule has 11 N–H and O–H groups in total.